The SMILES string of the molecule is CN=C(NCCCN1CCN(c2ccccc2F)CC1)N(C)CC(=O)NC(C)(C)C. The number of benzene rings is 1. The Morgan fingerprint density at radius 3 is 2.47 bits per heavy atom. The first-order valence-electron chi connectivity index (χ1n) is 10.6. The average molecular weight is 421 g/mol. The average Bonchev–Trinajstić information content (AvgIpc) is 2.67. The lowest BCUT2D eigenvalue weighted by atomic mass is 10.1. The van der Waals surface area contributed by atoms with Gasteiger partial charge in [0.2, 0.25) is 5.91 Å². The van der Waals surface area contributed by atoms with E-state index in [0.29, 0.717) is 11.6 Å². The highest BCUT2D eigenvalue weighted by atomic mass is 19.1. The summed E-state index contributed by atoms with van der Waals surface area (Å²) in [6.45, 7) is 11.4. The number of halogens is 1. The molecule has 168 valence electrons. The number of rotatable bonds is 7. The van der Waals surface area contributed by atoms with Crippen molar-refractivity contribution in [3.63, 3.8) is 0 Å². The molecule has 1 fully saturated rings. The van der Waals surface area contributed by atoms with Crippen LogP contribution in [0, 0.1) is 5.82 Å². The molecule has 2 rings (SSSR count). The van der Waals surface area contributed by atoms with Gasteiger partial charge in [-0.05, 0) is 45.9 Å². The quantitative estimate of drug-likeness (QED) is 0.400. The van der Waals surface area contributed by atoms with E-state index in [1.807, 2.05) is 44.9 Å². The van der Waals surface area contributed by atoms with E-state index in [4.69, 9.17) is 0 Å². The van der Waals surface area contributed by atoms with Crippen molar-refractivity contribution in [2.24, 2.45) is 4.99 Å². The number of aliphatic imine (C=N–C) groups is 1. The Hall–Kier alpha value is -2.35. The van der Waals surface area contributed by atoms with Crippen LogP contribution in [0.25, 0.3) is 0 Å². The molecule has 0 saturated carbocycles. The molecular weight excluding hydrogens is 383 g/mol. The highest BCUT2D eigenvalue weighted by molar-refractivity contribution is 5.86. The Morgan fingerprint density at radius 1 is 1.20 bits per heavy atom. The summed E-state index contributed by atoms with van der Waals surface area (Å²) in [7, 11) is 3.59. The summed E-state index contributed by atoms with van der Waals surface area (Å²) in [5.74, 6) is 0.533. The Balaban J connectivity index is 1.67. The monoisotopic (exact) mass is 420 g/mol. The second-order valence-corrected chi connectivity index (χ2v) is 8.76. The fourth-order valence-corrected chi connectivity index (χ4v) is 3.56. The van der Waals surface area contributed by atoms with Crippen LogP contribution in [0.3, 0.4) is 0 Å². The van der Waals surface area contributed by atoms with E-state index in [1.54, 1.807) is 13.1 Å². The molecule has 1 heterocycles. The minimum absolute atomic E-state index is 0.0272. The topological polar surface area (TPSA) is 63.2 Å². The zero-order valence-corrected chi connectivity index (χ0v) is 19.0. The summed E-state index contributed by atoms with van der Waals surface area (Å²) < 4.78 is 14.0. The van der Waals surface area contributed by atoms with Crippen molar-refractivity contribution in [3.05, 3.63) is 30.1 Å². The third-order valence-corrected chi connectivity index (χ3v) is 4.97. The predicted octanol–water partition coefficient (Wildman–Crippen LogP) is 1.76. The molecule has 0 bridgehead atoms. The van der Waals surface area contributed by atoms with E-state index in [0.717, 1.165) is 45.7 Å². The molecule has 2 N–H and O–H groups in total. The van der Waals surface area contributed by atoms with Crippen molar-refractivity contribution < 1.29 is 9.18 Å². The molecule has 0 aliphatic carbocycles. The van der Waals surface area contributed by atoms with Crippen molar-refractivity contribution in [2.45, 2.75) is 32.7 Å². The van der Waals surface area contributed by atoms with Gasteiger partial charge in [-0.3, -0.25) is 14.7 Å². The summed E-state index contributed by atoms with van der Waals surface area (Å²) in [6.07, 6.45) is 0.973. The summed E-state index contributed by atoms with van der Waals surface area (Å²) >= 11 is 0. The lowest BCUT2D eigenvalue weighted by Crippen LogP contribution is -2.49. The molecule has 1 aliphatic heterocycles. The second-order valence-electron chi connectivity index (χ2n) is 8.76. The van der Waals surface area contributed by atoms with Crippen molar-refractivity contribution in [3.8, 4) is 0 Å². The lowest BCUT2D eigenvalue weighted by Gasteiger charge is -2.36. The largest absolute Gasteiger partial charge is 0.367 e. The minimum Gasteiger partial charge on any atom is -0.367 e. The maximum Gasteiger partial charge on any atom is 0.240 e. The predicted molar refractivity (Wildman–Crippen MR) is 122 cm³/mol. The van der Waals surface area contributed by atoms with E-state index < -0.39 is 0 Å². The molecule has 0 spiro atoms. The molecule has 1 saturated heterocycles. The van der Waals surface area contributed by atoms with Crippen LogP contribution in [-0.2, 0) is 4.79 Å². The lowest BCUT2D eigenvalue weighted by molar-refractivity contribution is -0.122. The van der Waals surface area contributed by atoms with Crippen molar-refractivity contribution in [1.29, 1.82) is 0 Å². The van der Waals surface area contributed by atoms with Gasteiger partial charge in [0, 0.05) is 52.4 Å². The van der Waals surface area contributed by atoms with Gasteiger partial charge in [0.1, 0.15) is 5.82 Å². The van der Waals surface area contributed by atoms with Crippen LogP contribution in [-0.4, -0.2) is 87.1 Å². The van der Waals surface area contributed by atoms with Gasteiger partial charge in [-0.2, -0.15) is 0 Å². The highest BCUT2D eigenvalue weighted by Crippen LogP contribution is 2.20. The molecule has 7 nitrogen and oxygen atoms in total. The van der Waals surface area contributed by atoms with Gasteiger partial charge in [-0.25, -0.2) is 4.39 Å². The number of guanidine groups is 1. The number of nitrogens with one attached hydrogen (secondary N) is 2. The van der Waals surface area contributed by atoms with Crippen LogP contribution in [0.2, 0.25) is 0 Å². The van der Waals surface area contributed by atoms with Crippen LogP contribution >= 0.6 is 0 Å². The van der Waals surface area contributed by atoms with E-state index in [1.165, 1.54) is 6.07 Å². The van der Waals surface area contributed by atoms with Crippen molar-refractivity contribution >= 4 is 17.6 Å². The molecule has 1 aromatic rings. The first-order chi connectivity index (χ1) is 14.2. The fraction of sp³-hybridized carbons (Fsp3) is 0.636. The maximum absolute atomic E-state index is 14.0. The zero-order valence-electron chi connectivity index (χ0n) is 19.0. The number of para-hydroxylation sites is 1. The molecule has 0 atom stereocenters. The third-order valence-electron chi connectivity index (χ3n) is 4.97. The van der Waals surface area contributed by atoms with Gasteiger partial charge >= 0.3 is 0 Å². The van der Waals surface area contributed by atoms with Crippen LogP contribution in [0.1, 0.15) is 27.2 Å². The van der Waals surface area contributed by atoms with Gasteiger partial charge in [-0.15, -0.1) is 0 Å². The number of carbonyl (C=O) groups is 1. The van der Waals surface area contributed by atoms with E-state index >= 15 is 0 Å². The number of hydrogen-bond donors (Lipinski definition) is 2. The Kier molecular flexibility index (Phi) is 8.89. The molecular formula is C22H37FN6O. The van der Waals surface area contributed by atoms with Crippen LogP contribution in [0.15, 0.2) is 29.3 Å². The fourth-order valence-electron chi connectivity index (χ4n) is 3.56. The molecule has 30 heavy (non-hydrogen) atoms. The minimum atomic E-state index is -0.245. The van der Waals surface area contributed by atoms with Crippen LogP contribution < -0.4 is 15.5 Å². The summed E-state index contributed by atoms with van der Waals surface area (Å²) in [5, 5.41) is 6.29. The second kappa shape index (κ2) is 11.2. The Bertz CT molecular complexity index is 710. The van der Waals surface area contributed by atoms with Gasteiger partial charge in [0.25, 0.3) is 0 Å². The van der Waals surface area contributed by atoms with E-state index in [9.17, 15) is 9.18 Å². The molecule has 8 heteroatoms. The molecule has 0 aromatic heterocycles. The first-order valence-corrected chi connectivity index (χ1v) is 10.6. The zero-order chi connectivity index (χ0) is 22.1. The Labute approximate surface area is 180 Å². The highest BCUT2D eigenvalue weighted by Gasteiger charge is 2.19. The number of carbonyl (C=O) groups excluding carboxylic acids is 1. The van der Waals surface area contributed by atoms with Gasteiger partial charge < -0.3 is 20.4 Å². The molecule has 1 amide bonds. The Morgan fingerprint density at radius 2 is 1.87 bits per heavy atom. The van der Waals surface area contributed by atoms with E-state index in [2.05, 4.69) is 25.4 Å². The van der Waals surface area contributed by atoms with Gasteiger partial charge in [0.15, 0.2) is 5.96 Å². The van der Waals surface area contributed by atoms with Crippen molar-refractivity contribution in [1.82, 2.24) is 20.4 Å². The number of likely N-dealkylation sites (N-methyl/N-ethyl adjacent to an activating group) is 1. The number of hydrogen-bond acceptors (Lipinski definition) is 4. The summed E-state index contributed by atoms with van der Waals surface area (Å²) in [6, 6.07) is 6.97. The van der Waals surface area contributed by atoms with Gasteiger partial charge in [0.05, 0.1) is 12.2 Å². The maximum atomic E-state index is 14.0. The van der Waals surface area contributed by atoms with Crippen molar-refractivity contribution in [2.75, 3.05) is 64.8 Å². The summed E-state index contributed by atoms with van der Waals surface area (Å²) in [5.41, 5.74) is 0.451. The number of piperazine rings is 1. The molecule has 1 aromatic carbocycles. The number of amides is 1. The smallest absolute Gasteiger partial charge is 0.240 e. The number of nitrogens with zero attached hydrogens (tertiary/aromatic N) is 4. The normalized spacial score (nSPS) is 15.8. The third kappa shape index (κ3) is 7.82. The summed E-state index contributed by atoms with van der Waals surface area (Å²) in [4.78, 5) is 22.7. The first kappa shape index (κ1) is 23.9. The standard InChI is InChI=1S/C22H37FN6O/c1-22(2,3)26-20(30)17-27(5)21(24-4)25-11-8-12-28-13-15-29(16-14-28)19-10-7-6-9-18(19)23/h6-7,9-10H,8,11-17H2,1-5H3,(H,24,25)(H,26,30). The molecule has 0 radical (unpaired) electrons. The number of anilines is 1. The van der Waals surface area contributed by atoms with Gasteiger partial charge in [-0.1, -0.05) is 12.1 Å². The molecule has 0 unspecified atom stereocenters. The van der Waals surface area contributed by atoms with Crippen LogP contribution in [0.5, 0.6) is 0 Å². The molecule has 1 aliphatic rings. The van der Waals surface area contributed by atoms with Crippen LogP contribution in [0.4, 0.5) is 10.1 Å². The van der Waals surface area contributed by atoms with E-state index in [-0.39, 0.29) is 23.8 Å².